The first-order valence-electron chi connectivity index (χ1n) is 4.65. The Morgan fingerprint density at radius 1 is 1.38 bits per heavy atom. The summed E-state index contributed by atoms with van der Waals surface area (Å²) >= 11 is 1.92. The molecule has 0 radical (unpaired) electrons. The molecule has 0 spiro atoms. The number of sulfone groups is 1. The van der Waals surface area contributed by atoms with Crippen molar-refractivity contribution in [3.63, 3.8) is 0 Å². The fourth-order valence-corrected chi connectivity index (χ4v) is 4.15. The van der Waals surface area contributed by atoms with Gasteiger partial charge in [0.15, 0.2) is 9.84 Å². The van der Waals surface area contributed by atoms with E-state index in [0.29, 0.717) is 11.8 Å². The molecular formula is C8H15NO2S2. The Morgan fingerprint density at radius 3 is 2.46 bits per heavy atom. The van der Waals surface area contributed by atoms with Crippen LogP contribution in [0.25, 0.3) is 0 Å². The summed E-state index contributed by atoms with van der Waals surface area (Å²) in [5.41, 5.74) is 0. The summed E-state index contributed by atoms with van der Waals surface area (Å²) in [6.07, 6.45) is 0.796. The van der Waals surface area contributed by atoms with Crippen LogP contribution in [0.3, 0.4) is 0 Å². The molecule has 2 heterocycles. The fraction of sp³-hybridized carbons (Fsp3) is 1.00. The zero-order chi connectivity index (χ0) is 9.47. The predicted octanol–water partition coefficient (Wildman–Crippen LogP) is 0.267. The van der Waals surface area contributed by atoms with Crippen molar-refractivity contribution < 1.29 is 8.42 Å². The molecule has 0 aromatic carbocycles. The molecule has 2 aliphatic heterocycles. The molecule has 2 rings (SSSR count). The van der Waals surface area contributed by atoms with Crippen molar-refractivity contribution >= 4 is 21.6 Å². The second-order valence-corrected chi connectivity index (χ2v) is 7.42. The van der Waals surface area contributed by atoms with Crippen LogP contribution in [0, 0.1) is 0 Å². The zero-order valence-corrected chi connectivity index (χ0v) is 9.33. The van der Waals surface area contributed by atoms with E-state index in [9.17, 15) is 8.42 Å². The molecule has 2 aliphatic rings. The highest BCUT2D eigenvalue weighted by Crippen LogP contribution is 2.24. The summed E-state index contributed by atoms with van der Waals surface area (Å²) in [5, 5.41) is 3.24. The Kier molecular flexibility index (Phi) is 2.59. The zero-order valence-electron chi connectivity index (χ0n) is 7.69. The first kappa shape index (κ1) is 9.80. The molecule has 76 valence electrons. The van der Waals surface area contributed by atoms with Gasteiger partial charge < -0.3 is 5.32 Å². The van der Waals surface area contributed by atoms with E-state index in [1.165, 1.54) is 0 Å². The third-order valence-corrected chi connectivity index (χ3v) is 6.48. The highest BCUT2D eigenvalue weighted by atomic mass is 32.2. The quantitative estimate of drug-likeness (QED) is 0.727. The van der Waals surface area contributed by atoms with Crippen molar-refractivity contribution in [3.8, 4) is 0 Å². The standard InChI is InChI=1S/C8H15NO2S2/c1-6-8(2-3-13(6,10)11)9-7-4-12-5-7/h6-9H,2-5H2,1H3. The minimum Gasteiger partial charge on any atom is -0.308 e. The average Bonchev–Trinajstić information content (AvgIpc) is 2.22. The molecule has 0 aliphatic carbocycles. The molecule has 5 heteroatoms. The second kappa shape index (κ2) is 3.44. The monoisotopic (exact) mass is 221 g/mol. The minimum absolute atomic E-state index is 0.182. The van der Waals surface area contributed by atoms with Crippen LogP contribution < -0.4 is 5.32 Å². The van der Waals surface area contributed by atoms with Gasteiger partial charge in [-0.1, -0.05) is 0 Å². The van der Waals surface area contributed by atoms with E-state index in [4.69, 9.17) is 0 Å². The van der Waals surface area contributed by atoms with Gasteiger partial charge in [-0.15, -0.1) is 0 Å². The van der Waals surface area contributed by atoms with E-state index in [-0.39, 0.29) is 11.3 Å². The lowest BCUT2D eigenvalue weighted by Crippen LogP contribution is -2.49. The van der Waals surface area contributed by atoms with E-state index in [1.54, 1.807) is 0 Å². The third-order valence-electron chi connectivity index (χ3n) is 2.93. The van der Waals surface area contributed by atoms with Gasteiger partial charge in [-0.3, -0.25) is 0 Å². The van der Waals surface area contributed by atoms with Gasteiger partial charge in [0.05, 0.1) is 11.0 Å². The molecule has 2 saturated heterocycles. The number of thioether (sulfide) groups is 1. The van der Waals surface area contributed by atoms with Crippen LogP contribution >= 0.6 is 11.8 Å². The van der Waals surface area contributed by atoms with Crippen molar-refractivity contribution in [2.75, 3.05) is 17.3 Å². The van der Waals surface area contributed by atoms with E-state index < -0.39 is 9.84 Å². The molecule has 2 atom stereocenters. The Bertz CT molecular complexity index is 285. The smallest absolute Gasteiger partial charge is 0.154 e. The van der Waals surface area contributed by atoms with Crippen molar-refractivity contribution in [2.24, 2.45) is 0 Å². The molecule has 3 nitrogen and oxygen atoms in total. The van der Waals surface area contributed by atoms with Crippen LogP contribution in [0.2, 0.25) is 0 Å². The second-order valence-electron chi connectivity index (χ2n) is 3.87. The molecule has 0 aromatic heterocycles. The molecular weight excluding hydrogens is 206 g/mol. The van der Waals surface area contributed by atoms with Crippen LogP contribution in [0.15, 0.2) is 0 Å². The molecule has 0 saturated carbocycles. The number of hydrogen-bond acceptors (Lipinski definition) is 4. The van der Waals surface area contributed by atoms with Gasteiger partial charge in [-0.25, -0.2) is 8.42 Å². The summed E-state index contributed by atoms with van der Waals surface area (Å²) in [6, 6.07) is 0.765. The first-order valence-corrected chi connectivity index (χ1v) is 7.52. The highest BCUT2D eigenvalue weighted by Gasteiger charge is 2.38. The Labute approximate surface area is 83.6 Å². The fourth-order valence-electron chi connectivity index (χ4n) is 1.82. The maximum atomic E-state index is 11.4. The number of nitrogens with one attached hydrogen (secondary N) is 1. The van der Waals surface area contributed by atoms with Crippen molar-refractivity contribution in [3.05, 3.63) is 0 Å². The molecule has 13 heavy (non-hydrogen) atoms. The highest BCUT2D eigenvalue weighted by molar-refractivity contribution is 8.00. The topological polar surface area (TPSA) is 46.2 Å². The lowest BCUT2D eigenvalue weighted by atomic mass is 10.1. The largest absolute Gasteiger partial charge is 0.308 e. The predicted molar refractivity (Wildman–Crippen MR) is 55.9 cm³/mol. The summed E-state index contributed by atoms with van der Waals surface area (Å²) in [6.45, 7) is 1.83. The molecule has 0 aromatic rings. The van der Waals surface area contributed by atoms with Gasteiger partial charge in [0.2, 0.25) is 0 Å². The van der Waals surface area contributed by atoms with Crippen LogP contribution in [0.1, 0.15) is 13.3 Å². The first-order chi connectivity index (χ1) is 6.09. The lowest BCUT2D eigenvalue weighted by molar-refractivity contribution is 0.457. The molecule has 2 fully saturated rings. The van der Waals surface area contributed by atoms with Gasteiger partial charge >= 0.3 is 0 Å². The van der Waals surface area contributed by atoms with Crippen molar-refractivity contribution in [1.29, 1.82) is 0 Å². The Balaban J connectivity index is 1.94. The van der Waals surface area contributed by atoms with Crippen molar-refractivity contribution in [2.45, 2.75) is 30.7 Å². The van der Waals surface area contributed by atoms with E-state index in [2.05, 4.69) is 5.32 Å². The third kappa shape index (κ3) is 1.87. The average molecular weight is 221 g/mol. The minimum atomic E-state index is -2.77. The summed E-state index contributed by atoms with van der Waals surface area (Å²) in [5.74, 6) is 2.65. The summed E-state index contributed by atoms with van der Waals surface area (Å²) in [7, 11) is -2.77. The van der Waals surface area contributed by atoms with Crippen LogP contribution in [-0.4, -0.2) is 43.0 Å². The molecule has 0 amide bonds. The SMILES string of the molecule is CC1C(NC2CSC2)CCS1(=O)=O. The van der Waals surface area contributed by atoms with Gasteiger partial charge in [-0.05, 0) is 13.3 Å². The van der Waals surface area contributed by atoms with Gasteiger partial charge in [0.1, 0.15) is 0 Å². The Morgan fingerprint density at radius 2 is 2.08 bits per heavy atom. The normalized spacial score (nSPS) is 38.8. The maximum Gasteiger partial charge on any atom is 0.154 e. The van der Waals surface area contributed by atoms with E-state index in [1.807, 2.05) is 18.7 Å². The van der Waals surface area contributed by atoms with Crippen LogP contribution in [0.5, 0.6) is 0 Å². The summed E-state index contributed by atoms with van der Waals surface area (Å²) in [4.78, 5) is 0. The molecule has 0 bridgehead atoms. The number of hydrogen-bond donors (Lipinski definition) is 1. The van der Waals surface area contributed by atoms with Gasteiger partial charge in [0, 0.05) is 23.6 Å². The Hall–Kier alpha value is 0.260. The summed E-state index contributed by atoms with van der Waals surface area (Å²) < 4.78 is 22.8. The van der Waals surface area contributed by atoms with Crippen LogP contribution in [-0.2, 0) is 9.84 Å². The van der Waals surface area contributed by atoms with E-state index >= 15 is 0 Å². The van der Waals surface area contributed by atoms with Gasteiger partial charge in [-0.2, -0.15) is 11.8 Å². The van der Waals surface area contributed by atoms with Crippen LogP contribution in [0.4, 0.5) is 0 Å². The van der Waals surface area contributed by atoms with E-state index in [0.717, 1.165) is 17.9 Å². The van der Waals surface area contributed by atoms with Crippen molar-refractivity contribution in [1.82, 2.24) is 5.32 Å². The lowest BCUT2D eigenvalue weighted by Gasteiger charge is -2.30. The number of rotatable bonds is 2. The maximum absolute atomic E-state index is 11.4. The molecule has 2 unspecified atom stereocenters. The van der Waals surface area contributed by atoms with Gasteiger partial charge in [0.25, 0.3) is 0 Å². The molecule has 1 N–H and O–H groups in total.